The standard InChI is InChI=1S/C16H12N2O4.Na/c19-14(20)11-9-16(15(21)22,13-7-3-4-8-17-13)18-12-6-2-1-5-10(11)12;/h1-9,18H,(H,19,20)(H,21,22);/q;+1/p-1. The first kappa shape index (κ1) is 17.2. The van der Waals surface area contributed by atoms with E-state index in [4.69, 9.17) is 0 Å². The molecule has 1 aromatic heterocycles. The Morgan fingerprint density at radius 3 is 2.43 bits per heavy atom. The second-order valence-electron chi connectivity index (χ2n) is 4.84. The van der Waals surface area contributed by atoms with Crippen LogP contribution < -0.4 is 40.0 Å². The van der Waals surface area contributed by atoms with Crippen LogP contribution in [0.3, 0.4) is 0 Å². The van der Waals surface area contributed by atoms with E-state index >= 15 is 0 Å². The summed E-state index contributed by atoms with van der Waals surface area (Å²) in [5, 5.41) is 24.1. The van der Waals surface area contributed by atoms with Crippen molar-refractivity contribution in [3.8, 4) is 0 Å². The number of fused-ring (bicyclic) bond motifs is 1. The number of nitrogens with one attached hydrogen (secondary N) is 1. The summed E-state index contributed by atoms with van der Waals surface area (Å²) in [6.07, 6.45) is 2.58. The molecule has 3 rings (SSSR count). The molecule has 0 spiro atoms. The molecular weight excluding hydrogens is 307 g/mol. The summed E-state index contributed by atoms with van der Waals surface area (Å²) in [5.74, 6) is -2.69. The minimum absolute atomic E-state index is 0. The largest absolute Gasteiger partial charge is 1.00 e. The van der Waals surface area contributed by atoms with Gasteiger partial charge < -0.3 is 20.3 Å². The van der Waals surface area contributed by atoms with Crippen LogP contribution in [0.4, 0.5) is 5.69 Å². The molecule has 0 fully saturated rings. The van der Waals surface area contributed by atoms with Gasteiger partial charge in [0.05, 0.1) is 17.2 Å². The quantitative estimate of drug-likeness (QED) is 0.613. The van der Waals surface area contributed by atoms with Gasteiger partial charge >= 0.3 is 35.5 Å². The summed E-state index contributed by atoms with van der Waals surface area (Å²) < 4.78 is 0. The van der Waals surface area contributed by atoms with Gasteiger partial charge in [-0.05, 0) is 24.3 Å². The molecule has 1 aliphatic rings. The Bertz CT molecular complexity index is 792. The van der Waals surface area contributed by atoms with Crippen molar-refractivity contribution >= 4 is 23.2 Å². The van der Waals surface area contributed by atoms with Crippen molar-refractivity contribution in [2.24, 2.45) is 0 Å². The van der Waals surface area contributed by atoms with Gasteiger partial charge in [0.25, 0.3) is 0 Å². The maximum atomic E-state index is 11.8. The number of carboxylic acids is 2. The molecule has 0 amide bonds. The number of hydrogen-bond acceptors (Lipinski definition) is 5. The van der Waals surface area contributed by atoms with Crippen LogP contribution >= 0.6 is 0 Å². The third-order valence-electron chi connectivity index (χ3n) is 3.53. The number of aromatic nitrogens is 1. The average Bonchev–Trinajstić information content (AvgIpc) is 2.54. The van der Waals surface area contributed by atoms with E-state index in [0.29, 0.717) is 11.3 Å². The minimum Gasteiger partial charge on any atom is -0.547 e. The molecule has 6 nitrogen and oxygen atoms in total. The first-order valence-corrected chi connectivity index (χ1v) is 6.51. The van der Waals surface area contributed by atoms with Gasteiger partial charge in [0.15, 0.2) is 0 Å². The van der Waals surface area contributed by atoms with Crippen LogP contribution in [0.1, 0.15) is 11.3 Å². The molecule has 0 saturated heterocycles. The zero-order valence-corrected chi connectivity index (χ0v) is 14.3. The molecule has 2 heterocycles. The van der Waals surface area contributed by atoms with Gasteiger partial charge in [0.1, 0.15) is 5.54 Å². The molecule has 1 aliphatic heterocycles. The number of benzene rings is 1. The Kier molecular flexibility index (Phi) is 4.89. The fraction of sp³-hybridized carbons (Fsp3) is 0.0625. The van der Waals surface area contributed by atoms with Gasteiger partial charge in [-0.3, -0.25) is 4.98 Å². The number of carbonyl (C=O) groups excluding carboxylic acids is 1. The maximum absolute atomic E-state index is 11.8. The van der Waals surface area contributed by atoms with Gasteiger partial charge in [0, 0.05) is 17.4 Å². The number of hydrogen-bond donors (Lipinski definition) is 2. The predicted molar refractivity (Wildman–Crippen MR) is 76.6 cm³/mol. The Labute approximate surface area is 154 Å². The molecule has 0 saturated carbocycles. The van der Waals surface area contributed by atoms with Crippen LogP contribution in [0.25, 0.3) is 5.57 Å². The summed E-state index contributed by atoms with van der Waals surface area (Å²) in [5.41, 5.74) is -0.962. The van der Waals surface area contributed by atoms with Crippen LogP contribution in [0.5, 0.6) is 0 Å². The zero-order valence-electron chi connectivity index (χ0n) is 12.3. The number of carbonyl (C=O) groups is 2. The first-order valence-electron chi connectivity index (χ1n) is 6.51. The van der Waals surface area contributed by atoms with Crippen molar-refractivity contribution < 1.29 is 49.4 Å². The third kappa shape index (κ3) is 2.88. The van der Waals surface area contributed by atoms with Crippen molar-refractivity contribution in [1.29, 1.82) is 0 Å². The van der Waals surface area contributed by atoms with Crippen molar-refractivity contribution in [3.63, 3.8) is 0 Å². The molecule has 23 heavy (non-hydrogen) atoms. The molecule has 2 N–H and O–H groups in total. The van der Waals surface area contributed by atoms with Crippen LogP contribution in [0, 0.1) is 0 Å². The fourth-order valence-corrected chi connectivity index (χ4v) is 2.50. The molecule has 7 heteroatoms. The van der Waals surface area contributed by atoms with E-state index in [1.54, 1.807) is 36.4 Å². The number of anilines is 1. The van der Waals surface area contributed by atoms with Crippen LogP contribution in [-0.2, 0) is 15.1 Å². The van der Waals surface area contributed by atoms with Gasteiger partial charge in [-0.1, -0.05) is 24.3 Å². The summed E-state index contributed by atoms with van der Waals surface area (Å²) in [6.45, 7) is 0. The number of carboxylic acid groups (broad SMARTS) is 2. The van der Waals surface area contributed by atoms with E-state index in [1.165, 1.54) is 12.3 Å². The number of pyridine rings is 1. The van der Waals surface area contributed by atoms with E-state index in [2.05, 4.69) is 10.3 Å². The molecule has 2 aromatic rings. The normalized spacial score (nSPS) is 18.7. The van der Waals surface area contributed by atoms with Crippen molar-refractivity contribution in [1.82, 2.24) is 4.98 Å². The van der Waals surface area contributed by atoms with E-state index in [1.807, 2.05) is 0 Å². The first-order chi connectivity index (χ1) is 10.5. The monoisotopic (exact) mass is 318 g/mol. The van der Waals surface area contributed by atoms with Gasteiger partial charge in [0.2, 0.25) is 0 Å². The number of nitrogens with zero attached hydrogens (tertiary/aromatic N) is 1. The number of rotatable bonds is 3. The van der Waals surface area contributed by atoms with Crippen molar-refractivity contribution in [2.45, 2.75) is 5.54 Å². The fourth-order valence-electron chi connectivity index (χ4n) is 2.50. The summed E-state index contributed by atoms with van der Waals surface area (Å²) in [4.78, 5) is 27.4. The third-order valence-corrected chi connectivity index (χ3v) is 3.53. The molecule has 0 aliphatic carbocycles. The predicted octanol–water partition coefficient (Wildman–Crippen LogP) is -2.38. The SMILES string of the molecule is O=C(O)C1=CC(C(=O)[O-])(c2ccccn2)Nc2ccccc21.[Na+]. The molecule has 110 valence electrons. The Balaban J connectivity index is 0.00000192. The molecular formula is C16H11N2NaO4. The van der Waals surface area contributed by atoms with Gasteiger partial charge in [-0.15, -0.1) is 0 Å². The van der Waals surface area contributed by atoms with Crippen molar-refractivity contribution in [2.75, 3.05) is 5.32 Å². The van der Waals surface area contributed by atoms with Crippen LogP contribution in [-0.4, -0.2) is 22.0 Å². The second-order valence-corrected chi connectivity index (χ2v) is 4.84. The number of aliphatic carboxylic acids is 2. The topological polar surface area (TPSA) is 102 Å². The van der Waals surface area contributed by atoms with Crippen molar-refractivity contribution in [3.05, 3.63) is 66.0 Å². The Morgan fingerprint density at radius 1 is 1.13 bits per heavy atom. The zero-order chi connectivity index (χ0) is 15.7. The molecule has 1 atom stereocenters. The van der Waals surface area contributed by atoms with Crippen LogP contribution in [0.15, 0.2) is 54.7 Å². The molecule has 0 radical (unpaired) electrons. The summed E-state index contributed by atoms with van der Waals surface area (Å²) >= 11 is 0. The van der Waals surface area contributed by atoms with E-state index in [9.17, 15) is 19.8 Å². The smallest absolute Gasteiger partial charge is 0.547 e. The summed E-state index contributed by atoms with van der Waals surface area (Å²) in [7, 11) is 0. The maximum Gasteiger partial charge on any atom is 1.00 e. The van der Waals surface area contributed by atoms with E-state index in [-0.39, 0.29) is 40.8 Å². The average molecular weight is 318 g/mol. The van der Waals surface area contributed by atoms with E-state index in [0.717, 1.165) is 6.08 Å². The van der Waals surface area contributed by atoms with Crippen LogP contribution in [0.2, 0.25) is 0 Å². The van der Waals surface area contributed by atoms with Gasteiger partial charge in [-0.2, -0.15) is 0 Å². The number of para-hydroxylation sites is 1. The van der Waals surface area contributed by atoms with Gasteiger partial charge in [-0.25, -0.2) is 4.79 Å². The van der Waals surface area contributed by atoms with E-state index < -0.39 is 17.5 Å². The minimum atomic E-state index is -1.83. The molecule has 1 aromatic carbocycles. The summed E-state index contributed by atoms with van der Waals surface area (Å²) in [6, 6.07) is 11.4. The molecule has 1 unspecified atom stereocenters. The molecule has 0 bridgehead atoms. The Hall–Kier alpha value is -2.15. The second kappa shape index (κ2) is 6.54. The Morgan fingerprint density at radius 2 is 1.83 bits per heavy atom.